The Kier molecular flexibility index (Phi) is 3.95. The zero-order chi connectivity index (χ0) is 16.6. The highest BCUT2D eigenvalue weighted by atomic mass is 32.2. The van der Waals surface area contributed by atoms with Crippen molar-refractivity contribution >= 4 is 20.9 Å². The highest BCUT2D eigenvalue weighted by Crippen LogP contribution is 2.29. The van der Waals surface area contributed by atoms with E-state index in [0.717, 1.165) is 16.5 Å². The summed E-state index contributed by atoms with van der Waals surface area (Å²) in [6, 6.07) is 8.61. The monoisotopic (exact) mass is 329 g/mol. The summed E-state index contributed by atoms with van der Waals surface area (Å²) in [7, 11) is -3.66. The summed E-state index contributed by atoms with van der Waals surface area (Å²) in [5, 5.41) is 0.839. The van der Waals surface area contributed by atoms with Crippen molar-refractivity contribution in [3.63, 3.8) is 0 Å². The maximum Gasteiger partial charge on any atom is 0.268 e. The van der Waals surface area contributed by atoms with Gasteiger partial charge in [-0.25, -0.2) is 12.4 Å². The van der Waals surface area contributed by atoms with Crippen LogP contribution in [0.3, 0.4) is 0 Å². The summed E-state index contributed by atoms with van der Waals surface area (Å²) in [5.41, 5.74) is 8.98. The van der Waals surface area contributed by atoms with E-state index < -0.39 is 10.0 Å². The predicted molar refractivity (Wildman–Crippen MR) is 91.0 cm³/mol. The minimum absolute atomic E-state index is 0.277. The molecule has 120 valence electrons. The van der Waals surface area contributed by atoms with E-state index in [0.29, 0.717) is 24.2 Å². The third-order valence-electron chi connectivity index (χ3n) is 4.04. The fourth-order valence-corrected chi connectivity index (χ4v) is 4.46. The number of fused-ring (bicyclic) bond motifs is 1. The van der Waals surface area contributed by atoms with Crippen molar-refractivity contribution in [3.8, 4) is 0 Å². The van der Waals surface area contributed by atoms with Gasteiger partial charge >= 0.3 is 0 Å². The number of benzene rings is 1. The molecule has 0 saturated carbocycles. The van der Waals surface area contributed by atoms with Crippen LogP contribution in [-0.2, 0) is 16.4 Å². The van der Waals surface area contributed by atoms with Crippen LogP contribution in [0, 0.1) is 13.8 Å². The SMILES string of the molecule is Cc1ccc(S(=O)(=O)n2c(C)c(CCN)c3cnccc32)cc1. The molecule has 23 heavy (non-hydrogen) atoms. The number of hydrogen-bond donors (Lipinski definition) is 1. The van der Waals surface area contributed by atoms with Crippen LogP contribution in [0.1, 0.15) is 16.8 Å². The maximum absolute atomic E-state index is 13.1. The molecule has 0 amide bonds. The number of nitrogens with zero attached hydrogens (tertiary/aromatic N) is 2. The molecule has 0 saturated heterocycles. The van der Waals surface area contributed by atoms with E-state index in [1.807, 2.05) is 13.8 Å². The van der Waals surface area contributed by atoms with Gasteiger partial charge in [0.15, 0.2) is 0 Å². The summed E-state index contributed by atoms with van der Waals surface area (Å²) in [6.07, 6.45) is 3.92. The van der Waals surface area contributed by atoms with Gasteiger partial charge in [-0.05, 0) is 50.6 Å². The first-order valence-corrected chi connectivity index (χ1v) is 8.87. The standard InChI is InChI=1S/C17H19N3O2S/c1-12-3-5-14(6-4-12)23(21,22)20-13(2)15(7-9-18)16-11-19-10-8-17(16)20/h3-6,8,10-11H,7,9,18H2,1-2H3. The molecule has 0 bridgehead atoms. The second-order valence-corrected chi connectivity index (χ2v) is 7.36. The van der Waals surface area contributed by atoms with Gasteiger partial charge in [-0.1, -0.05) is 17.7 Å². The molecule has 0 radical (unpaired) electrons. The molecule has 0 aliphatic carbocycles. The fourth-order valence-electron chi connectivity index (χ4n) is 2.88. The van der Waals surface area contributed by atoms with Gasteiger partial charge in [0.1, 0.15) is 0 Å². The highest BCUT2D eigenvalue weighted by molar-refractivity contribution is 7.90. The molecule has 1 aromatic carbocycles. The maximum atomic E-state index is 13.1. The lowest BCUT2D eigenvalue weighted by molar-refractivity contribution is 0.587. The quantitative estimate of drug-likeness (QED) is 0.797. The number of rotatable bonds is 4. The first-order valence-electron chi connectivity index (χ1n) is 7.43. The zero-order valence-electron chi connectivity index (χ0n) is 13.2. The van der Waals surface area contributed by atoms with Gasteiger partial charge in [0.05, 0.1) is 10.4 Å². The van der Waals surface area contributed by atoms with Crippen molar-refractivity contribution in [1.29, 1.82) is 0 Å². The summed E-state index contributed by atoms with van der Waals surface area (Å²) in [5.74, 6) is 0. The van der Waals surface area contributed by atoms with Gasteiger partial charge in [0.25, 0.3) is 10.0 Å². The third kappa shape index (κ3) is 2.54. The predicted octanol–water partition coefficient (Wildman–Crippen LogP) is 2.39. The van der Waals surface area contributed by atoms with Crippen LogP contribution in [0.15, 0.2) is 47.6 Å². The molecule has 5 nitrogen and oxygen atoms in total. The summed E-state index contributed by atoms with van der Waals surface area (Å²) < 4.78 is 27.6. The molecule has 6 heteroatoms. The lowest BCUT2D eigenvalue weighted by Gasteiger charge is -2.10. The Balaban J connectivity index is 2.31. The molecule has 0 aliphatic rings. The molecular weight excluding hydrogens is 310 g/mol. The van der Waals surface area contributed by atoms with Crippen LogP contribution in [0.25, 0.3) is 10.9 Å². The summed E-state index contributed by atoms with van der Waals surface area (Å²) in [4.78, 5) is 4.40. The van der Waals surface area contributed by atoms with E-state index in [4.69, 9.17) is 5.73 Å². The Morgan fingerprint density at radius 2 is 1.83 bits per heavy atom. The van der Waals surface area contributed by atoms with Crippen molar-refractivity contribution in [1.82, 2.24) is 8.96 Å². The van der Waals surface area contributed by atoms with Gasteiger partial charge in [-0.2, -0.15) is 0 Å². The van der Waals surface area contributed by atoms with Crippen LogP contribution in [-0.4, -0.2) is 23.9 Å². The molecule has 0 unspecified atom stereocenters. The average molecular weight is 329 g/mol. The second kappa shape index (κ2) is 5.79. The number of hydrogen-bond acceptors (Lipinski definition) is 4. The second-order valence-electron chi connectivity index (χ2n) is 5.58. The summed E-state index contributed by atoms with van der Waals surface area (Å²) in [6.45, 7) is 4.20. The van der Waals surface area contributed by atoms with Gasteiger partial charge in [-0.15, -0.1) is 0 Å². The molecule has 2 N–H and O–H groups in total. The van der Waals surface area contributed by atoms with Crippen molar-refractivity contribution in [2.75, 3.05) is 6.54 Å². The Hall–Kier alpha value is -2.18. The number of nitrogens with two attached hydrogens (primary N) is 1. The first kappa shape index (κ1) is 15.7. The Morgan fingerprint density at radius 3 is 2.48 bits per heavy atom. The third-order valence-corrected chi connectivity index (χ3v) is 5.86. The van der Waals surface area contributed by atoms with Crippen molar-refractivity contribution < 1.29 is 8.42 Å². The van der Waals surface area contributed by atoms with Crippen LogP contribution >= 0.6 is 0 Å². The average Bonchev–Trinajstić information content (AvgIpc) is 2.81. The van der Waals surface area contributed by atoms with Gasteiger partial charge < -0.3 is 5.73 Å². The highest BCUT2D eigenvalue weighted by Gasteiger charge is 2.24. The molecule has 2 heterocycles. The number of aryl methyl sites for hydroxylation is 1. The molecule has 3 rings (SSSR count). The normalized spacial score (nSPS) is 12.0. The molecular formula is C17H19N3O2S. The van der Waals surface area contributed by atoms with Gasteiger partial charge in [-0.3, -0.25) is 4.98 Å². The lowest BCUT2D eigenvalue weighted by atomic mass is 10.1. The molecule has 0 atom stereocenters. The zero-order valence-corrected chi connectivity index (χ0v) is 14.0. The van der Waals surface area contributed by atoms with Crippen LogP contribution < -0.4 is 5.73 Å². The van der Waals surface area contributed by atoms with E-state index in [2.05, 4.69) is 4.98 Å². The molecule has 0 fully saturated rings. The fraction of sp³-hybridized carbons (Fsp3) is 0.235. The molecule has 0 spiro atoms. The first-order chi connectivity index (χ1) is 11.0. The van der Waals surface area contributed by atoms with Crippen LogP contribution in [0.4, 0.5) is 0 Å². The minimum Gasteiger partial charge on any atom is -0.330 e. The van der Waals surface area contributed by atoms with Crippen molar-refractivity contribution in [2.24, 2.45) is 5.73 Å². The molecule has 0 aliphatic heterocycles. The smallest absolute Gasteiger partial charge is 0.268 e. The molecule has 2 aromatic heterocycles. The van der Waals surface area contributed by atoms with E-state index in [-0.39, 0.29) is 4.90 Å². The van der Waals surface area contributed by atoms with Gasteiger partial charge in [0.2, 0.25) is 0 Å². The largest absolute Gasteiger partial charge is 0.330 e. The Morgan fingerprint density at radius 1 is 1.13 bits per heavy atom. The number of pyridine rings is 1. The van der Waals surface area contributed by atoms with E-state index >= 15 is 0 Å². The topological polar surface area (TPSA) is 78.0 Å². The van der Waals surface area contributed by atoms with E-state index in [1.165, 1.54) is 3.97 Å². The lowest BCUT2D eigenvalue weighted by Crippen LogP contribution is -2.15. The van der Waals surface area contributed by atoms with E-state index in [9.17, 15) is 8.42 Å². The summed E-state index contributed by atoms with van der Waals surface area (Å²) >= 11 is 0. The molecule has 3 aromatic rings. The van der Waals surface area contributed by atoms with Gasteiger partial charge in [0, 0.05) is 23.5 Å². The van der Waals surface area contributed by atoms with E-state index in [1.54, 1.807) is 42.7 Å². The number of aromatic nitrogens is 2. The van der Waals surface area contributed by atoms with Crippen molar-refractivity contribution in [2.45, 2.75) is 25.2 Å². The van der Waals surface area contributed by atoms with Crippen molar-refractivity contribution in [3.05, 3.63) is 59.5 Å². The Bertz CT molecular complexity index is 957. The minimum atomic E-state index is -3.66. The van der Waals surface area contributed by atoms with Crippen LogP contribution in [0.5, 0.6) is 0 Å². The Labute approximate surface area is 135 Å². The van der Waals surface area contributed by atoms with Crippen LogP contribution in [0.2, 0.25) is 0 Å².